The lowest BCUT2D eigenvalue weighted by Crippen LogP contribution is -2.12. The highest BCUT2D eigenvalue weighted by molar-refractivity contribution is 6.03. The van der Waals surface area contributed by atoms with Crippen molar-refractivity contribution in [3.8, 4) is 0 Å². The van der Waals surface area contributed by atoms with E-state index in [0.29, 0.717) is 5.82 Å². The maximum atomic E-state index is 11.7. The van der Waals surface area contributed by atoms with Gasteiger partial charge in [0.05, 0.1) is 0 Å². The molecule has 0 aromatic carbocycles. The summed E-state index contributed by atoms with van der Waals surface area (Å²) in [4.78, 5) is 34.1. The second kappa shape index (κ2) is 3.82. The topological polar surface area (TPSA) is 94.4 Å². The molecule has 2 aromatic rings. The zero-order valence-corrected chi connectivity index (χ0v) is 7.82. The Morgan fingerprint density at radius 3 is 2.33 bits per heavy atom. The van der Waals surface area contributed by atoms with E-state index in [1.807, 2.05) is 0 Å². The van der Waals surface area contributed by atoms with Gasteiger partial charge in [0, 0.05) is 0 Å². The standard InChI is InChI=1S/C8H6N6O/c1-5-10-4-13-8(14-5)6(15)7-11-2-9-3-12-7/h2-4H,1H3. The average Bonchev–Trinajstić information content (AvgIpc) is 2.29. The van der Waals surface area contributed by atoms with Gasteiger partial charge in [-0.1, -0.05) is 0 Å². The van der Waals surface area contributed by atoms with Crippen LogP contribution in [0.25, 0.3) is 0 Å². The Labute approximate surface area is 84.7 Å². The van der Waals surface area contributed by atoms with Crippen molar-refractivity contribution in [2.75, 3.05) is 0 Å². The Hall–Kier alpha value is -2.31. The van der Waals surface area contributed by atoms with E-state index in [1.165, 1.54) is 19.0 Å². The fraction of sp³-hybridized carbons (Fsp3) is 0.125. The van der Waals surface area contributed by atoms with Crippen LogP contribution in [0.4, 0.5) is 0 Å². The predicted octanol–water partition coefficient (Wildman–Crippen LogP) is -0.404. The van der Waals surface area contributed by atoms with Gasteiger partial charge in [0.2, 0.25) is 11.6 Å². The number of hydrogen-bond donors (Lipinski definition) is 0. The van der Waals surface area contributed by atoms with E-state index in [4.69, 9.17) is 0 Å². The summed E-state index contributed by atoms with van der Waals surface area (Å²) >= 11 is 0. The smallest absolute Gasteiger partial charge is 0.267 e. The summed E-state index contributed by atoms with van der Waals surface area (Å²) in [5.74, 6) is 0.0922. The van der Waals surface area contributed by atoms with E-state index in [9.17, 15) is 4.79 Å². The van der Waals surface area contributed by atoms with Crippen molar-refractivity contribution in [3.63, 3.8) is 0 Å². The highest BCUT2D eigenvalue weighted by Gasteiger charge is 2.14. The van der Waals surface area contributed by atoms with Crippen molar-refractivity contribution in [1.29, 1.82) is 0 Å². The fourth-order valence-electron chi connectivity index (χ4n) is 0.944. The molecule has 2 rings (SSSR count). The summed E-state index contributed by atoms with van der Waals surface area (Å²) in [6.07, 6.45) is 3.76. The van der Waals surface area contributed by atoms with Crippen LogP contribution in [0.15, 0.2) is 19.0 Å². The first-order valence-corrected chi connectivity index (χ1v) is 4.09. The third kappa shape index (κ3) is 1.96. The molecule has 0 amide bonds. The Balaban J connectivity index is 2.37. The maximum Gasteiger partial charge on any atom is 0.267 e. The first kappa shape index (κ1) is 9.25. The van der Waals surface area contributed by atoms with Crippen LogP contribution in [0.5, 0.6) is 0 Å². The Morgan fingerprint density at radius 2 is 1.67 bits per heavy atom. The van der Waals surface area contributed by atoms with Gasteiger partial charge in [0.15, 0.2) is 0 Å². The van der Waals surface area contributed by atoms with Crippen LogP contribution in [0, 0.1) is 6.92 Å². The molecule has 7 heteroatoms. The second-order valence-corrected chi connectivity index (χ2v) is 2.65. The molecule has 0 bridgehead atoms. The van der Waals surface area contributed by atoms with E-state index in [1.54, 1.807) is 6.92 Å². The summed E-state index contributed by atoms with van der Waals surface area (Å²) in [7, 11) is 0. The van der Waals surface area contributed by atoms with E-state index < -0.39 is 5.78 Å². The van der Waals surface area contributed by atoms with Crippen molar-refractivity contribution < 1.29 is 4.79 Å². The van der Waals surface area contributed by atoms with E-state index in [2.05, 4.69) is 29.9 Å². The largest absolute Gasteiger partial charge is 0.281 e. The van der Waals surface area contributed by atoms with E-state index >= 15 is 0 Å². The molecule has 0 spiro atoms. The van der Waals surface area contributed by atoms with Crippen molar-refractivity contribution in [2.24, 2.45) is 0 Å². The van der Waals surface area contributed by atoms with Gasteiger partial charge in [-0.05, 0) is 6.92 Å². The molecular formula is C8H6N6O. The van der Waals surface area contributed by atoms with Gasteiger partial charge < -0.3 is 0 Å². The molecule has 0 saturated heterocycles. The fourth-order valence-corrected chi connectivity index (χ4v) is 0.944. The lowest BCUT2D eigenvalue weighted by Gasteiger charge is -1.96. The van der Waals surface area contributed by atoms with Gasteiger partial charge in [-0.2, -0.15) is 0 Å². The highest BCUT2D eigenvalue weighted by Crippen LogP contribution is 1.97. The molecule has 15 heavy (non-hydrogen) atoms. The Kier molecular flexibility index (Phi) is 2.36. The lowest BCUT2D eigenvalue weighted by molar-refractivity contribution is 0.101. The number of carbonyl (C=O) groups is 1. The molecule has 2 aromatic heterocycles. The molecule has 0 fully saturated rings. The van der Waals surface area contributed by atoms with Crippen LogP contribution >= 0.6 is 0 Å². The third-order valence-electron chi connectivity index (χ3n) is 1.59. The van der Waals surface area contributed by atoms with Gasteiger partial charge >= 0.3 is 0 Å². The number of hydrogen-bond acceptors (Lipinski definition) is 7. The monoisotopic (exact) mass is 202 g/mol. The normalized spacial score (nSPS) is 9.93. The summed E-state index contributed by atoms with van der Waals surface area (Å²) in [5, 5.41) is 0. The molecule has 0 saturated carbocycles. The van der Waals surface area contributed by atoms with E-state index in [-0.39, 0.29) is 11.6 Å². The Morgan fingerprint density at radius 1 is 1.00 bits per heavy atom. The third-order valence-corrected chi connectivity index (χ3v) is 1.59. The maximum absolute atomic E-state index is 11.7. The SMILES string of the molecule is Cc1ncnc(C(=O)c2ncncn2)n1. The van der Waals surface area contributed by atoms with Crippen LogP contribution in [0.3, 0.4) is 0 Å². The molecule has 0 aliphatic carbocycles. The molecular weight excluding hydrogens is 196 g/mol. The van der Waals surface area contributed by atoms with Gasteiger partial charge in [0.1, 0.15) is 24.8 Å². The van der Waals surface area contributed by atoms with Crippen LogP contribution in [-0.4, -0.2) is 35.7 Å². The van der Waals surface area contributed by atoms with Crippen molar-refractivity contribution in [2.45, 2.75) is 6.92 Å². The molecule has 7 nitrogen and oxygen atoms in total. The average molecular weight is 202 g/mol. The molecule has 0 atom stereocenters. The quantitative estimate of drug-likeness (QED) is 0.611. The molecule has 0 aliphatic heterocycles. The highest BCUT2D eigenvalue weighted by atomic mass is 16.1. The van der Waals surface area contributed by atoms with Crippen LogP contribution in [0.2, 0.25) is 0 Å². The first-order valence-electron chi connectivity index (χ1n) is 4.09. The predicted molar refractivity (Wildman–Crippen MR) is 47.8 cm³/mol. The van der Waals surface area contributed by atoms with Gasteiger partial charge in [-0.15, -0.1) is 0 Å². The number of ketones is 1. The van der Waals surface area contributed by atoms with Gasteiger partial charge in [0.25, 0.3) is 5.78 Å². The summed E-state index contributed by atoms with van der Waals surface area (Å²) in [6, 6.07) is 0. The number of rotatable bonds is 2. The van der Waals surface area contributed by atoms with Gasteiger partial charge in [-0.25, -0.2) is 29.9 Å². The molecule has 0 radical (unpaired) electrons. The minimum Gasteiger partial charge on any atom is -0.281 e. The van der Waals surface area contributed by atoms with Crippen molar-refractivity contribution >= 4 is 5.78 Å². The summed E-state index contributed by atoms with van der Waals surface area (Å²) in [6.45, 7) is 1.67. The molecule has 0 unspecified atom stereocenters. The second-order valence-electron chi connectivity index (χ2n) is 2.65. The first-order chi connectivity index (χ1) is 7.27. The number of aromatic nitrogens is 6. The molecule has 0 N–H and O–H groups in total. The number of nitrogens with zero attached hydrogens (tertiary/aromatic N) is 6. The molecule has 74 valence electrons. The molecule has 0 aliphatic rings. The van der Waals surface area contributed by atoms with Crippen molar-refractivity contribution in [3.05, 3.63) is 36.5 Å². The minimum atomic E-state index is -0.442. The Bertz CT molecular complexity index is 486. The zero-order valence-electron chi connectivity index (χ0n) is 7.82. The van der Waals surface area contributed by atoms with Crippen molar-refractivity contribution in [1.82, 2.24) is 29.9 Å². The van der Waals surface area contributed by atoms with Gasteiger partial charge in [-0.3, -0.25) is 4.79 Å². The minimum absolute atomic E-state index is 0.0237. The lowest BCUT2D eigenvalue weighted by atomic mass is 10.3. The van der Waals surface area contributed by atoms with Crippen LogP contribution in [-0.2, 0) is 0 Å². The van der Waals surface area contributed by atoms with Crippen LogP contribution in [0.1, 0.15) is 22.3 Å². The van der Waals surface area contributed by atoms with Crippen LogP contribution < -0.4 is 0 Å². The summed E-state index contributed by atoms with van der Waals surface area (Å²) in [5.41, 5.74) is 0. The molecule has 2 heterocycles. The number of carbonyl (C=O) groups excluding carboxylic acids is 1. The zero-order chi connectivity index (χ0) is 10.7. The van der Waals surface area contributed by atoms with E-state index in [0.717, 1.165) is 0 Å². The number of aryl methyl sites for hydroxylation is 1. The summed E-state index contributed by atoms with van der Waals surface area (Å²) < 4.78 is 0.